The summed E-state index contributed by atoms with van der Waals surface area (Å²) >= 11 is 0. The Morgan fingerprint density at radius 3 is 2.96 bits per heavy atom. The predicted molar refractivity (Wildman–Crippen MR) is 88.0 cm³/mol. The van der Waals surface area contributed by atoms with Crippen LogP contribution in [0.4, 0.5) is 0 Å². The van der Waals surface area contributed by atoms with E-state index >= 15 is 0 Å². The Bertz CT molecular complexity index is 524. The van der Waals surface area contributed by atoms with Crippen LogP contribution in [0.15, 0.2) is 12.4 Å². The second kappa shape index (κ2) is 7.45. The smallest absolute Gasteiger partial charge is 0.239 e. The normalized spacial score (nSPS) is 25.9. The summed E-state index contributed by atoms with van der Waals surface area (Å²) < 4.78 is 7.84. The van der Waals surface area contributed by atoms with Crippen molar-refractivity contribution in [3.05, 3.63) is 18.0 Å². The third kappa shape index (κ3) is 3.75. The Hall–Kier alpha value is -1.40. The fourth-order valence-electron chi connectivity index (χ4n) is 3.54. The summed E-state index contributed by atoms with van der Waals surface area (Å²) in [5.41, 5.74) is 1.15. The van der Waals surface area contributed by atoms with Crippen molar-refractivity contribution in [1.82, 2.24) is 20.0 Å². The van der Waals surface area contributed by atoms with Gasteiger partial charge in [0.15, 0.2) is 0 Å². The Kier molecular flexibility index (Phi) is 5.33. The third-order valence-corrected chi connectivity index (χ3v) is 4.99. The molecule has 6 nitrogen and oxygen atoms in total. The van der Waals surface area contributed by atoms with Crippen LogP contribution in [0.3, 0.4) is 0 Å². The summed E-state index contributed by atoms with van der Waals surface area (Å²) in [4.78, 5) is 14.3. The molecule has 1 aromatic rings. The second-order valence-corrected chi connectivity index (χ2v) is 6.63. The molecule has 128 valence electrons. The van der Waals surface area contributed by atoms with Gasteiger partial charge in [0.1, 0.15) is 0 Å². The van der Waals surface area contributed by atoms with Crippen molar-refractivity contribution < 1.29 is 9.53 Å². The van der Waals surface area contributed by atoms with Gasteiger partial charge in [-0.25, -0.2) is 0 Å². The Morgan fingerprint density at radius 2 is 2.26 bits per heavy atom. The van der Waals surface area contributed by atoms with Gasteiger partial charge in [-0.1, -0.05) is 0 Å². The summed E-state index contributed by atoms with van der Waals surface area (Å²) in [6.45, 7) is 8.34. The first kappa shape index (κ1) is 16.5. The molecule has 2 aliphatic heterocycles. The van der Waals surface area contributed by atoms with Crippen LogP contribution in [0.1, 0.15) is 44.8 Å². The molecule has 1 N–H and O–H groups in total. The molecular formula is C17H28N4O2. The lowest BCUT2D eigenvalue weighted by molar-refractivity contribution is -0.132. The van der Waals surface area contributed by atoms with Gasteiger partial charge in [-0.3, -0.25) is 9.48 Å². The van der Waals surface area contributed by atoms with Crippen LogP contribution < -0.4 is 5.32 Å². The number of hydrogen-bond acceptors (Lipinski definition) is 4. The SMILES string of the molecule is CCn1cc([C@@H]2OCC[C@@H]2CN[C@@H](C)C(=O)N2CCCC2)cn1. The molecule has 3 heterocycles. The Labute approximate surface area is 138 Å². The van der Waals surface area contributed by atoms with Crippen molar-refractivity contribution in [3.8, 4) is 0 Å². The number of amides is 1. The molecule has 0 spiro atoms. The van der Waals surface area contributed by atoms with Gasteiger partial charge in [-0.05, 0) is 33.1 Å². The van der Waals surface area contributed by atoms with E-state index in [-0.39, 0.29) is 18.1 Å². The number of nitrogens with zero attached hydrogens (tertiary/aromatic N) is 3. The van der Waals surface area contributed by atoms with Crippen LogP contribution in [0.5, 0.6) is 0 Å². The fourth-order valence-corrected chi connectivity index (χ4v) is 3.54. The van der Waals surface area contributed by atoms with Gasteiger partial charge in [0.2, 0.25) is 5.91 Å². The first-order valence-electron chi connectivity index (χ1n) is 8.85. The van der Waals surface area contributed by atoms with E-state index in [4.69, 9.17) is 4.74 Å². The van der Waals surface area contributed by atoms with Gasteiger partial charge < -0.3 is 15.0 Å². The minimum Gasteiger partial charge on any atom is -0.373 e. The molecule has 3 atom stereocenters. The number of aryl methyl sites for hydroxylation is 1. The average Bonchev–Trinajstić information content (AvgIpc) is 3.32. The van der Waals surface area contributed by atoms with E-state index in [1.807, 2.05) is 22.7 Å². The highest BCUT2D eigenvalue weighted by atomic mass is 16.5. The molecule has 0 radical (unpaired) electrons. The van der Waals surface area contributed by atoms with Gasteiger partial charge >= 0.3 is 0 Å². The van der Waals surface area contributed by atoms with Gasteiger partial charge in [0.05, 0.1) is 18.3 Å². The first-order chi connectivity index (χ1) is 11.2. The number of aromatic nitrogens is 2. The molecule has 0 aliphatic carbocycles. The maximum atomic E-state index is 12.4. The summed E-state index contributed by atoms with van der Waals surface area (Å²) in [6, 6.07) is -0.118. The maximum absolute atomic E-state index is 12.4. The zero-order valence-electron chi connectivity index (χ0n) is 14.2. The second-order valence-electron chi connectivity index (χ2n) is 6.63. The molecule has 2 saturated heterocycles. The standard InChI is InChI=1S/C17H28N4O2/c1-3-21-12-15(11-19-21)16-14(6-9-23-16)10-18-13(2)17(22)20-7-4-5-8-20/h11-14,16,18H,3-10H2,1-2H3/t13-,14+,16+/m0/s1. The minimum atomic E-state index is -0.118. The van der Waals surface area contributed by atoms with E-state index in [0.29, 0.717) is 5.92 Å². The van der Waals surface area contributed by atoms with Crippen molar-refractivity contribution in [2.75, 3.05) is 26.2 Å². The van der Waals surface area contributed by atoms with Gasteiger partial charge in [-0.15, -0.1) is 0 Å². The van der Waals surface area contributed by atoms with E-state index in [9.17, 15) is 4.79 Å². The quantitative estimate of drug-likeness (QED) is 0.864. The first-order valence-corrected chi connectivity index (χ1v) is 8.85. The Morgan fingerprint density at radius 1 is 1.48 bits per heavy atom. The fraction of sp³-hybridized carbons (Fsp3) is 0.765. The zero-order valence-corrected chi connectivity index (χ0v) is 14.2. The summed E-state index contributed by atoms with van der Waals surface area (Å²) in [5.74, 6) is 0.634. The van der Waals surface area contributed by atoms with Crippen LogP contribution in [0.25, 0.3) is 0 Å². The predicted octanol–water partition coefficient (Wildman–Crippen LogP) is 1.58. The lowest BCUT2D eigenvalue weighted by Gasteiger charge is -2.24. The molecule has 0 bridgehead atoms. The van der Waals surface area contributed by atoms with Crippen LogP contribution in [0, 0.1) is 5.92 Å². The Balaban J connectivity index is 1.53. The van der Waals surface area contributed by atoms with E-state index in [0.717, 1.165) is 57.6 Å². The lowest BCUT2D eigenvalue weighted by Crippen LogP contribution is -2.45. The summed E-state index contributed by atoms with van der Waals surface area (Å²) in [5, 5.41) is 7.77. The third-order valence-electron chi connectivity index (χ3n) is 4.99. The molecule has 1 amide bonds. The van der Waals surface area contributed by atoms with Crippen LogP contribution >= 0.6 is 0 Å². The number of likely N-dealkylation sites (tertiary alicyclic amines) is 1. The molecule has 0 unspecified atom stereocenters. The topological polar surface area (TPSA) is 59.4 Å². The van der Waals surface area contributed by atoms with Crippen molar-refractivity contribution in [2.45, 2.75) is 51.8 Å². The monoisotopic (exact) mass is 320 g/mol. The van der Waals surface area contributed by atoms with Crippen molar-refractivity contribution in [2.24, 2.45) is 5.92 Å². The summed E-state index contributed by atoms with van der Waals surface area (Å²) in [7, 11) is 0. The van der Waals surface area contributed by atoms with Gasteiger partial charge in [0, 0.05) is 50.5 Å². The molecule has 2 fully saturated rings. The largest absolute Gasteiger partial charge is 0.373 e. The number of ether oxygens (including phenoxy) is 1. The number of nitrogens with one attached hydrogen (secondary N) is 1. The van der Waals surface area contributed by atoms with Gasteiger partial charge in [-0.2, -0.15) is 5.10 Å². The number of carbonyl (C=O) groups is 1. The molecular weight excluding hydrogens is 292 g/mol. The highest BCUT2D eigenvalue weighted by Gasteiger charge is 2.31. The van der Waals surface area contributed by atoms with E-state index < -0.39 is 0 Å². The van der Waals surface area contributed by atoms with Crippen LogP contribution in [-0.2, 0) is 16.1 Å². The lowest BCUT2D eigenvalue weighted by atomic mass is 9.97. The highest BCUT2D eigenvalue weighted by Crippen LogP contribution is 2.33. The van der Waals surface area contributed by atoms with Crippen molar-refractivity contribution >= 4 is 5.91 Å². The van der Waals surface area contributed by atoms with E-state index in [1.165, 1.54) is 0 Å². The zero-order chi connectivity index (χ0) is 16.2. The molecule has 3 rings (SSSR count). The maximum Gasteiger partial charge on any atom is 0.239 e. The number of carbonyl (C=O) groups excluding carboxylic acids is 1. The van der Waals surface area contributed by atoms with Crippen molar-refractivity contribution in [1.29, 1.82) is 0 Å². The van der Waals surface area contributed by atoms with Gasteiger partial charge in [0.25, 0.3) is 0 Å². The minimum absolute atomic E-state index is 0.0943. The molecule has 6 heteroatoms. The molecule has 2 aliphatic rings. The van der Waals surface area contributed by atoms with Crippen LogP contribution in [0.2, 0.25) is 0 Å². The highest BCUT2D eigenvalue weighted by molar-refractivity contribution is 5.81. The molecule has 0 aromatic carbocycles. The summed E-state index contributed by atoms with van der Waals surface area (Å²) in [6.07, 6.45) is 7.38. The molecule has 1 aromatic heterocycles. The van der Waals surface area contributed by atoms with Crippen LogP contribution in [-0.4, -0.2) is 52.9 Å². The van der Waals surface area contributed by atoms with E-state index in [1.54, 1.807) is 0 Å². The molecule has 0 saturated carbocycles. The van der Waals surface area contributed by atoms with E-state index in [2.05, 4.69) is 23.5 Å². The molecule has 23 heavy (non-hydrogen) atoms. The average molecular weight is 320 g/mol. The van der Waals surface area contributed by atoms with Crippen molar-refractivity contribution in [3.63, 3.8) is 0 Å². The number of hydrogen-bond donors (Lipinski definition) is 1. The number of rotatable bonds is 6.